The second-order valence-corrected chi connectivity index (χ2v) is 4.83. The van der Waals surface area contributed by atoms with E-state index in [1.165, 1.54) is 14.2 Å². The molecule has 1 unspecified atom stereocenters. The van der Waals surface area contributed by atoms with Crippen LogP contribution in [0.25, 0.3) is 0 Å². The predicted octanol–water partition coefficient (Wildman–Crippen LogP) is 1.34. The van der Waals surface area contributed by atoms with Crippen LogP contribution >= 0.6 is 0 Å². The van der Waals surface area contributed by atoms with Crippen molar-refractivity contribution in [2.75, 3.05) is 34.4 Å². The van der Waals surface area contributed by atoms with Crippen LogP contribution in [-0.2, 0) is 9.53 Å². The van der Waals surface area contributed by atoms with Gasteiger partial charge in [-0.2, -0.15) is 0 Å². The maximum Gasteiger partial charge on any atom is 0.310 e. The Hall–Kier alpha value is -2.24. The molecule has 1 atom stereocenters. The summed E-state index contributed by atoms with van der Waals surface area (Å²) in [6.45, 7) is 0.911. The van der Waals surface area contributed by atoms with Crippen LogP contribution in [0.1, 0.15) is 16.8 Å². The molecule has 1 aliphatic heterocycles. The SMILES string of the molecule is COC(=O)C1CCN(C(=O)c2ccc(OC)cc2OC)C1. The highest BCUT2D eigenvalue weighted by Crippen LogP contribution is 2.28. The summed E-state index contributed by atoms with van der Waals surface area (Å²) in [5.41, 5.74) is 0.462. The summed E-state index contributed by atoms with van der Waals surface area (Å²) in [4.78, 5) is 25.7. The molecule has 0 N–H and O–H groups in total. The van der Waals surface area contributed by atoms with Crippen molar-refractivity contribution in [3.8, 4) is 11.5 Å². The Bertz CT molecular complexity index is 543. The fraction of sp³-hybridized carbons (Fsp3) is 0.467. The summed E-state index contributed by atoms with van der Waals surface area (Å²) < 4.78 is 15.1. The topological polar surface area (TPSA) is 65.1 Å². The molecule has 2 rings (SSSR count). The van der Waals surface area contributed by atoms with Crippen molar-refractivity contribution in [3.63, 3.8) is 0 Å². The Kier molecular flexibility index (Phi) is 4.67. The van der Waals surface area contributed by atoms with Crippen LogP contribution in [0.3, 0.4) is 0 Å². The van der Waals surface area contributed by atoms with E-state index in [2.05, 4.69) is 0 Å². The first-order chi connectivity index (χ1) is 10.1. The van der Waals surface area contributed by atoms with E-state index in [-0.39, 0.29) is 17.8 Å². The van der Waals surface area contributed by atoms with Crippen LogP contribution in [0.5, 0.6) is 11.5 Å². The van der Waals surface area contributed by atoms with Crippen molar-refractivity contribution in [3.05, 3.63) is 23.8 Å². The monoisotopic (exact) mass is 293 g/mol. The average Bonchev–Trinajstić information content (AvgIpc) is 3.02. The minimum Gasteiger partial charge on any atom is -0.497 e. The summed E-state index contributed by atoms with van der Waals surface area (Å²) in [5, 5.41) is 0. The van der Waals surface area contributed by atoms with Crippen LogP contribution < -0.4 is 9.47 Å². The Labute approximate surface area is 123 Å². The fourth-order valence-corrected chi connectivity index (χ4v) is 2.45. The van der Waals surface area contributed by atoms with Gasteiger partial charge in [0, 0.05) is 19.2 Å². The lowest BCUT2D eigenvalue weighted by Gasteiger charge is -2.18. The normalized spacial score (nSPS) is 17.5. The molecule has 1 aliphatic rings. The van der Waals surface area contributed by atoms with E-state index in [9.17, 15) is 9.59 Å². The van der Waals surface area contributed by atoms with Gasteiger partial charge in [0.2, 0.25) is 0 Å². The van der Waals surface area contributed by atoms with E-state index in [1.807, 2.05) is 0 Å². The van der Waals surface area contributed by atoms with E-state index in [4.69, 9.17) is 14.2 Å². The predicted molar refractivity (Wildman–Crippen MR) is 75.6 cm³/mol. The molecule has 1 fully saturated rings. The van der Waals surface area contributed by atoms with Crippen molar-refractivity contribution < 1.29 is 23.8 Å². The first-order valence-corrected chi connectivity index (χ1v) is 6.69. The second kappa shape index (κ2) is 6.47. The molecule has 0 radical (unpaired) electrons. The van der Waals surface area contributed by atoms with Crippen LogP contribution in [0.4, 0.5) is 0 Å². The molecule has 6 heteroatoms. The summed E-state index contributed by atoms with van der Waals surface area (Å²) >= 11 is 0. The van der Waals surface area contributed by atoms with Gasteiger partial charge in [-0.1, -0.05) is 0 Å². The van der Waals surface area contributed by atoms with E-state index >= 15 is 0 Å². The molecule has 0 aromatic heterocycles. The zero-order chi connectivity index (χ0) is 15.4. The molecule has 0 spiro atoms. The highest BCUT2D eigenvalue weighted by Gasteiger charge is 2.33. The van der Waals surface area contributed by atoms with Gasteiger partial charge in [0.05, 0.1) is 32.8 Å². The molecule has 1 aromatic rings. The molecule has 1 saturated heterocycles. The van der Waals surface area contributed by atoms with Gasteiger partial charge in [0.1, 0.15) is 11.5 Å². The lowest BCUT2D eigenvalue weighted by molar-refractivity contribution is -0.144. The number of rotatable bonds is 4. The third-order valence-corrected chi connectivity index (χ3v) is 3.65. The third-order valence-electron chi connectivity index (χ3n) is 3.65. The number of benzene rings is 1. The second-order valence-electron chi connectivity index (χ2n) is 4.83. The molecular weight excluding hydrogens is 274 g/mol. The Balaban J connectivity index is 2.16. The molecule has 21 heavy (non-hydrogen) atoms. The minimum absolute atomic E-state index is 0.152. The molecule has 0 bridgehead atoms. The van der Waals surface area contributed by atoms with E-state index < -0.39 is 0 Å². The van der Waals surface area contributed by atoms with Gasteiger partial charge in [0.25, 0.3) is 5.91 Å². The number of ether oxygens (including phenoxy) is 3. The average molecular weight is 293 g/mol. The Morgan fingerprint density at radius 3 is 2.57 bits per heavy atom. The molecule has 1 amide bonds. The molecule has 6 nitrogen and oxygen atoms in total. The third kappa shape index (κ3) is 3.09. The number of amides is 1. The van der Waals surface area contributed by atoms with Crippen LogP contribution in [0.2, 0.25) is 0 Å². The van der Waals surface area contributed by atoms with Gasteiger partial charge in [0.15, 0.2) is 0 Å². The largest absolute Gasteiger partial charge is 0.497 e. The molecule has 0 saturated carbocycles. The highest BCUT2D eigenvalue weighted by molar-refractivity contribution is 5.97. The zero-order valence-electron chi connectivity index (χ0n) is 12.4. The number of esters is 1. The van der Waals surface area contributed by atoms with E-state index in [0.29, 0.717) is 36.6 Å². The lowest BCUT2D eigenvalue weighted by atomic mass is 10.1. The van der Waals surface area contributed by atoms with E-state index in [0.717, 1.165) is 0 Å². The smallest absolute Gasteiger partial charge is 0.310 e. The quantitative estimate of drug-likeness (QED) is 0.784. The van der Waals surface area contributed by atoms with Crippen molar-refractivity contribution in [2.24, 2.45) is 5.92 Å². The molecular formula is C15H19NO5. The number of hydrogen-bond donors (Lipinski definition) is 0. The number of likely N-dealkylation sites (tertiary alicyclic amines) is 1. The summed E-state index contributed by atoms with van der Waals surface area (Å²) in [6, 6.07) is 5.05. The first-order valence-electron chi connectivity index (χ1n) is 6.69. The number of carbonyl (C=O) groups excluding carboxylic acids is 2. The molecule has 1 aromatic carbocycles. The van der Waals surface area contributed by atoms with Crippen molar-refractivity contribution in [2.45, 2.75) is 6.42 Å². The van der Waals surface area contributed by atoms with Crippen molar-refractivity contribution in [1.29, 1.82) is 0 Å². The minimum atomic E-state index is -0.271. The van der Waals surface area contributed by atoms with Gasteiger partial charge in [-0.15, -0.1) is 0 Å². The lowest BCUT2D eigenvalue weighted by Crippen LogP contribution is -2.30. The van der Waals surface area contributed by atoms with Gasteiger partial charge < -0.3 is 19.1 Å². The number of methoxy groups -OCH3 is 3. The fourth-order valence-electron chi connectivity index (χ4n) is 2.45. The Morgan fingerprint density at radius 1 is 1.19 bits per heavy atom. The first kappa shape index (κ1) is 15.2. The molecule has 0 aliphatic carbocycles. The summed E-state index contributed by atoms with van der Waals surface area (Å²) in [7, 11) is 4.42. The van der Waals surface area contributed by atoms with Gasteiger partial charge in [-0.05, 0) is 18.6 Å². The number of hydrogen-bond acceptors (Lipinski definition) is 5. The zero-order valence-corrected chi connectivity index (χ0v) is 12.4. The van der Waals surface area contributed by atoms with Crippen molar-refractivity contribution >= 4 is 11.9 Å². The molecule has 114 valence electrons. The highest BCUT2D eigenvalue weighted by atomic mass is 16.5. The summed E-state index contributed by atoms with van der Waals surface area (Å²) in [5.74, 6) is 0.411. The summed E-state index contributed by atoms with van der Waals surface area (Å²) in [6.07, 6.45) is 0.622. The van der Waals surface area contributed by atoms with E-state index in [1.54, 1.807) is 30.2 Å². The maximum atomic E-state index is 12.5. The standard InChI is InChI=1S/C15H19NO5/c1-19-11-4-5-12(13(8-11)20-2)14(17)16-7-6-10(9-16)15(18)21-3/h4-5,8,10H,6-7,9H2,1-3H3. The van der Waals surface area contributed by atoms with Crippen LogP contribution in [0.15, 0.2) is 18.2 Å². The Morgan fingerprint density at radius 2 is 1.95 bits per heavy atom. The van der Waals surface area contributed by atoms with Crippen LogP contribution in [-0.4, -0.2) is 51.2 Å². The van der Waals surface area contributed by atoms with Gasteiger partial charge in [-0.25, -0.2) is 0 Å². The van der Waals surface area contributed by atoms with Crippen LogP contribution in [0, 0.1) is 5.92 Å². The van der Waals surface area contributed by atoms with Crippen molar-refractivity contribution in [1.82, 2.24) is 4.90 Å². The number of nitrogens with zero attached hydrogens (tertiary/aromatic N) is 1. The maximum absolute atomic E-state index is 12.5. The van der Waals surface area contributed by atoms with Gasteiger partial charge in [-0.3, -0.25) is 9.59 Å². The number of carbonyl (C=O) groups is 2. The van der Waals surface area contributed by atoms with Gasteiger partial charge >= 0.3 is 5.97 Å². The molecule has 1 heterocycles.